The molecule has 0 spiro atoms. The van der Waals surface area contributed by atoms with Crippen molar-refractivity contribution in [3.8, 4) is 11.5 Å². The van der Waals surface area contributed by atoms with E-state index in [9.17, 15) is 0 Å². The highest BCUT2D eigenvalue weighted by Crippen LogP contribution is 2.19. The van der Waals surface area contributed by atoms with Crippen LogP contribution in [-0.4, -0.2) is 18.1 Å². The predicted octanol–water partition coefficient (Wildman–Crippen LogP) is 2.80. The Kier molecular flexibility index (Phi) is 3.59. The van der Waals surface area contributed by atoms with E-state index in [1.54, 1.807) is 6.26 Å². The third kappa shape index (κ3) is 2.94. The molecule has 0 bridgehead atoms. The highest BCUT2D eigenvalue weighted by Gasteiger charge is 2.08. The van der Waals surface area contributed by atoms with Gasteiger partial charge in [0.1, 0.15) is 6.26 Å². The van der Waals surface area contributed by atoms with Gasteiger partial charge in [0.25, 0.3) is 0 Å². The van der Waals surface area contributed by atoms with Crippen LogP contribution in [-0.2, 0) is 6.42 Å². The number of likely N-dealkylation sites (N-methyl/N-ethyl adjacent to an activating group) is 1. The lowest BCUT2D eigenvalue weighted by Gasteiger charge is -2.05. The summed E-state index contributed by atoms with van der Waals surface area (Å²) in [6, 6.07) is 8.61. The lowest BCUT2D eigenvalue weighted by atomic mass is 10.1. The third-order valence-corrected chi connectivity index (χ3v) is 2.86. The summed E-state index contributed by atoms with van der Waals surface area (Å²) in [6.45, 7) is 4.19. The molecule has 0 fully saturated rings. The number of aryl methyl sites for hydroxylation is 1. The van der Waals surface area contributed by atoms with E-state index in [0.717, 1.165) is 17.7 Å². The van der Waals surface area contributed by atoms with Crippen LogP contribution in [0.5, 0.6) is 0 Å². The summed E-state index contributed by atoms with van der Waals surface area (Å²) in [5.41, 5.74) is 3.26. The maximum atomic E-state index is 5.50. The molecule has 0 aliphatic heterocycles. The quantitative estimate of drug-likeness (QED) is 0.877. The number of aromatic nitrogens is 1. The Bertz CT molecular complexity index is 473. The van der Waals surface area contributed by atoms with Crippen LogP contribution in [0.4, 0.5) is 0 Å². The fourth-order valence-electron chi connectivity index (χ4n) is 1.65. The van der Waals surface area contributed by atoms with Crippen molar-refractivity contribution in [2.45, 2.75) is 26.3 Å². The second kappa shape index (κ2) is 5.15. The van der Waals surface area contributed by atoms with Crippen molar-refractivity contribution in [3.05, 3.63) is 41.8 Å². The van der Waals surface area contributed by atoms with Gasteiger partial charge in [-0.3, -0.25) is 0 Å². The van der Waals surface area contributed by atoms with Crippen molar-refractivity contribution in [1.82, 2.24) is 10.3 Å². The van der Waals surface area contributed by atoms with E-state index in [-0.39, 0.29) is 0 Å². The van der Waals surface area contributed by atoms with Crippen LogP contribution in [0.15, 0.2) is 34.9 Å². The van der Waals surface area contributed by atoms with Crippen LogP contribution in [0.1, 0.15) is 18.2 Å². The highest BCUT2D eigenvalue weighted by atomic mass is 16.3. The summed E-state index contributed by atoms with van der Waals surface area (Å²) in [6.07, 6.45) is 2.62. The topological polar surface area (TPSA) is 38.1 Å². The Morgan fingerprint density at radius 1 is 1.29 bits per heavy atom. The summed E-state index contributed by atoms with van der Waals surface area (Å²) in [4.78, 5) is 4.49. The summed E-state index contributed by atoms with van der Waals surface area (Å²) in [5.74, 6) is 0.698. The zero-order valence-corrected chi connectivity index (χ0v) is 10.5. The molecule has 1 heterocycles. The minimum atomic E-state index is 0.408. The normalized spacial score (nSPS) is 12.6. The molecule has 1 aromatic carbocycles. The molecule has 0 saturated heterocycles. The van der Waals surface area contributed by atoms with E-state index in [1.165, 1.54) is 5.56 Å². The third-order valence-electron chi connectivity index (χ3n) is 2.86. The summed E-state index contributed by atoms with van der Waals surface area (Å²) >= 11 is 0. The van der Waals surface area contributed by atoms with Crippen LogP contribution >= 0.6 is 0 Å². The van der Waals surface area contributed by atoms with Crippen molar-refractivity contribution in [1.29, 1.82) is 0 Å². The summed E-state index contributed by atoms with van der Waals surface area (Å²) in [7, 11) is 1.95. The highest BCUT2D eigenvalue weighted by molar-refractivity contribution is 5.53. The first-order chi connectivity index (χ1) is 8.19. The first kappa shape index (κ1) is 11.9. The van der Waals surface area contributed by atoms with Crippen LogP contribution in [0.25, 0.3) is 11.5 Å². The molecule has 3 nitrogen and oxygen atoms in total. The van der Waals surface area contributed by atoms with Gasteiger partial charge in [0, 0.05) is 18.0 Å². The van der Waals surface area contributed by atoms with E-state index in [1.807, 2.05) is 19.2 Å². The first-order valence-corrected chi connectivity index (χ1v) is 5.87. The number of nitrogens with one attached hydrogen (secondary N) is 1. The van der Waals surface area contributed by atoms with Gasteiger partial charge < -0.3 is 9.73 Å². The number of hydrogen-bond acceptors (Lipinski definition) is 3. The molecule has 17 heavy (non-hydrogen) atoms. The Morgan fingerprint density at radius 2 is 2.00 bits per heavy atom. The van der Waals surface area contributed by atoms with Gasteiger partial charge in [0.05, 0.1) is 5.69 Å². The maximum absolute atomic E-state index is 5.50. The molecule has 3 heteroatoms. The molecule has 1 unspecified atom stereocenters. The van der Waals surface area contributed by atoms with Crippen molar-refractivity contribution in [2.75, 3.05) is 7.05 Å². The first-order valence-electron chi connectivity index (χ1n) is 5.87. The van der Waals surface area contributed by atoms with Crippen LogP contribution in [0.2, 0.25) is 0 Å². The van der Waals surface area contributed by atoms with E-state index in [2.05, 4.69) is 36.3 Å². The number of rotatable bonds is 4. The van der Waals surface area contributed by atoms with Gasteiger partial charge in [-0.2, -0.15) is 0 Å². The zero-order chi connectivity index (χ0) is 12.3. The van der Waals surface area contributed by atoms with Crippen molar-refractivity contribution < 1.29 is 4.42 Å². The van der Waals surface area contributed by atoms with Gasteiger partial charge in [-0.25, -0.2) is 4.98 Å². The van der Waals surface area contributed by atoms with Gasteiger partial charge >= 0.3 is 0 Å². The number of benzene rings is 1. The van der Waals surface area contributed by atoms with Gasteiger partial charge in [0.15, 0.2) is 0 Å². The molecule has 1 N–H and O–H groups in total. The Balaban J connectivity index is 2.15. The second-order valence-corrected chi connectivity index (χ2v) is 4.40. The Morgan fingerprint density at radius 3 is 2.65 bits per heavy atom. The molecule has 1 aromatic heterocycles. The average molecular weight is 230 g/mol. The summed E-state index contributed by atoms with van der Waals surface area (Å²) in [5, 5.41) is 3.19. The van der Waals surface area contributed by atoms with Crippen molar-refractivity contribution in [3.63, 3.8) is 0 Å². The molecule has 0 radical (unpaired) electrons. The number of oxazole rings is 1. The van der Waals surface area contributed by atoms with Gasteiger partial charge in [0.2, 0.25) is 5.89 Å². The predicted molar refractivity (Wildman–Crippen MR) is 68.9 cm³/mol. The molecule has 0 saturated carbocycles. The molecular formula is C14H18N2O. The molecule has 2 aromatic rings. The Labute approximate surface area is 102 Å². The smallest absolute Gasteiger partial charge is 0.226 e. The van der Waals surface area contributed by atoms with Crippen LogP contribution < -0.4 is 5.32 Å². The molecule has 0 amide bonds. The minimum Gasteiger partial charge on any atom is -0.444 e. The Hall–Kier alpha value is -1.61. The standard InChI is InChI=1S/C14H18N2O/c1-10-4-6-12(7-5-10)14-16-13(9-17-14)8-11(2)15-3/h4-7,9,11,15H,8H2,1-3H3. The van der Waals surface area contributed by atoms with E-state index in [4.69, 9.17) is 4.42 Å². The van der Waals surface area contributed by atoms with Crippen LogP contribution in [0.3, 0.4) is 0 Å². The second-order valence-electron chi connectivity index (χ2n) is 4.40. The fourth-order valence-corrected chi connectivity index (χ4v) is 1.65. The molecule has 0 aliphatic rings. The van der Waals surface area contributed by atoms with Crippen molar-refractivity contribution >= 4 is 0 Å². The van der Waals surface area contributed by atoms with E-state index in [0.29, 0.717) is 11.9 Å². The number of nitrogens with zero attached hydrogens (tertiary/aromatic N) is 1. The maximum Gasteiger partial charge on any atom is 0.226 e. The molecule has 0 aliphatic carbocycles. The number of hydrogen-bond donors (Lipinski definition) is 1. The van der Waals surface area contributed by atoms with Crippen LogP contribution in [0, 0.1) is 6.92 Å². The summed E-state index contributed by atoms with van der Waals surface area (Å²) < 4.78 is 5.50. The lowest BCUT2D eigenvalue weighted by molar-refractivity contribution is 0.565. The monoisotopic (exact) mass is 230 g/mol. The average Bonchev–Trinajstić information content (AvgIpc) is 2.78. The largest absolute Gasteiger partial charge is 0.444 e. The lowest BCUT2D eigenvalue weighted by Crippen LogP contribution is -2.23. The zero-order valence-electron chi connectivity index (χ0n) is 10.5. The molecule has 1 atom stereocenters. The van der Waals surface area contributed by atoms with E-state index < -0.39 is 0 Å². The van der Waals surface area contributed by atoms with E-state index >= 15 is 0 Å². The molecular weight excluding hydrogens is 212 g/mol. The molecule has 2 rings (SSSR count). The van der Waals surface area contributed by atoms with Gasteiger partial charge in [-0.1, -0.05) is 17.7 Å². The van der Waals surface area contributed by atoms with Crippen molar-refractivity contribution in [2.24, 2.45) is 0 Å². The molecule has 90 valence electrons. The van der Waals surface area contributed by atoms with Gasteiger partial charge in [-0.15, -0.1) is 0 Å². The SMILES string of the molecule is CNC(C)Cc1coc(-c2ccc(C)cc2)n1. The van der Waals surface area contributed by atoms with Gasteiger partial charge in [-0.05, 0) is 33.0 Å². The minimum absolute atomic E-state index is 0.408. The fraction of sp³-hybridized carbons (Fsp3) is 0.357.